The van der Waals surface area contributed by atoms with E-state index in [1.165, 1.54) is 12.4 Å². The lowest BCUT2D eigenvalue weighted by Crippen LogP contribution is -1.98. The molecule has 0 saturated heterocycles. The fourth-order valence-corrected chi connectivity index (χ4v) is 2.55. The zero-order valence-corrected chi connectivity index (χ0v) is 14.0. The van der Waals surface area contributed by atoms with Crippen molar-refractivity contribution in [3.8, 4) is 11.3 Å². The van der Waals surface area contributed by atoms with Gasteiger partial charge in [-0.2, -0.15) is 0 Å². The van der Waals surface area contributed by atoms with E-state index in [9.17, 15) is 9.18 Å². The monoisotopic (exact) mass is 374 g/mol. The summed E-state index contributed by atoms with van der Waals surface area (Å²) in [4.78, 5) is 18.8. The summed E-state index contributed by atoms with van der Waals surface area (Å²) < 4.78 is 14.3. The first kappa shape index (κ1) is 17.7. The number of hydrogen-bond acceptors (Lipinski definition) is 3. The normalized spacial score (nSPS) is 11.6. The molecular formula is C15H10Cl3FN2O2. The number of aromatic nitrogens is 2. The van der Waals surface area contributed by atoms with Crippen LogP contribution in [0.25, 0.3) is 17.3 Å². The summed E-state index contributed by atoms with van der Waals surface area (Å²) in [7, 11) is 0. The number of carboxylic acids is 1. The molecule has 8 heteroatoms. The second-order valence-electron chi connectivity index (χ2n) is 4.49. The molecule has 1 heterocycles. The zero-order chi connectivity index (χ0) is 17.1. The molecule has 0 bridgehead atoms. The molecule has 1 aromatic carbocycles. The van der Waals surface area contributed by atoms with Gasteiger partial charge in [-0.3, -0.25) is 0 Å². The number of benzene rings is 1. The van der Waals surface area contributed by atoms with Gasteiger partial charge in [0.25, 0.3) is 0 Å². The Balaban J connectivity index is 2.65. The van der Waals surface area contributed by atoms with E-state index in [1.54, 1.807) is 0 Å². The summed E-state index contributed by atoms with van der Waals surface area (Å²) in [5.74, 6) is -1.96. The Labute approximate surface area is 146 Å². The van der Waals surface area contributed by atoms with Gasteiger partial charge in [0.15, 0.2) is 0 Å². The van der Waals surface area contributed by atoms with Crippen molar-refractivity contribution in [1.29, 1.82) is 0 Å². The van der Waals surface area contributed by atoms with E-state index in [4.69, 9.17) is 39.9 Å². The number of rotatable bonds is 4. The molecule has 0 aliphatic heterocycles. The number of hydrogen-bond donors (Lipinski definition) is 1. The van der Waals surface area contributed by atoms with Crippen LogP contribution in [0.2, 0.25) is 10.0 Å². The van der Waals surface area contributed by atoms with Crippen LogP contribution < -0.4 is 0 Å². The average Bonchev–Trinajstić information content (AvgIpc) is 2.50. The Hall–Kier alpha value is -1.69. The first-order chi connectivity index (χ1) is 10.8. The van der Waals surface area contributed by atoms with E-state index in [1.807, 2.05) is 6.92 Å². The Bertz CT molecular complexity index is 810. The second-order valence-corrected chi connectivity index (χ2v) is 5.68. The molecule has 120 valence electrons. The van der Waals surface area contributed by atoms with Crippen molar-refractivity contribution >= 4 is 46.8 Å². The molecule has 0 atom stereocenters. The van der Waals surface area contributed by atoms with Gasteiger partial charge in [0.1, 0.15) is 17.2 Å². The third kappa shape index (κ3) is 3.80. The fraction of sp³-hybridized carbons (Fsp3) is 0.133. The summed E-state index contributed by atoms with van der Waals surface area (Å²) in [6, 6.07) is 2.40. The molecule has 4 nitrogen and oxygen atoms in total. The highest BCUT2D eigenvalue weighted by Gasteiger charge is 2.16. The fourth-order valence-electron chi connectivity index (χ4n) is 1.90. The van der Waals surface area contributed by atoms with Gasteiger partial charge in [0, 0.05) is 5.56 Å². The Morgan fingerprint density at radius 1 is 1.35 bits per heavy atom. The van der Waals surface area contributed by atoms with Crippen LogP contribution in [-0.4, -0.2) is 21.0 Å². The van der Waals surface area contributed by atoms with Crippen molar-refractivity contribution in [2.24, 2.45) is 0 Å². The molecule has 0 unspecified atom stereocenters. The molecule has 0 amide bonds. The van der Waals surface area contributed by atoms with E-state index in [2.05, 4.69) is 9.97 Å². The number of aliphatic carboxylic acids is 1. The minimum Gasteiger partial charge on any atom is -0.477 e. The molecule has 0 saturated carbocycles. The summed E-state index contributed by atoms with van der Waals surface area (Å²) in [6.07, 6.45) is 2.97. The van der Waals surface area contributed by atoms with Crippen molar-refractivity contribution < 1.29 is 14.3 Å². The van der Waals surface area contributed by atoms with E-state index >= 15 is 0 Å². The lowest BCUT2D eigenvalue weighted by molar-refractivity contribution is -0.131. The van der Waals surface area contributed by atoms with Gasteiger partial charge < -0.3 is 5.11 Å². The first-order valence-corrected chi connectivity index (χ1v) is 7.57. The lowest BCUT2D eigenvalue weighted by Gasteiger charge is -2.10. The zero-order valence-electron chi connectivity index (χ0n) is 11.8. The molecule has 1 aromatic heterocycles. The first-order valence-electron chi connectivity index (χ1n) is 6.44. The maximum Gasteiger partial charge on any atom is 0.347 e. The number of halogens is 4. The average molecular weight is 376 g/mol. The smallest absolute Gasteiger partial charge is 0.347 e. The maximum atomic E-state index is 14.3. The molecule has 0 radical (unpaired) electrons. The number of nitrogens with zero attached hydrogens (tertiary/aromatic N) is 2. The van der Waals surface area contributed by atoms with Crippen LogP contribution in [-0.2, 0) is 11.2 Å². The molecule has 0 fully saturated rings. The number of carboxylic acid groups (broad SMARTS) is 1. The Morgan fingerprint density at radius 2 is 2.04 bits per heavy atom. The van der Waals surface area contributed by atoms with Crippen LogP contribution in [0, 0.1) is 5.82 Å². The summed E-state index contributed by atoms with van der Waals surface area (Å²) in [5, 5.41) is 8.63. The summed E-state index contributed by atoms with van der Waals surface area (Å²) in [6.45, 7) is 1.86. The number of aryl methyl sites for hydroxylation is 1. The summed E-state index contributed by atoms with van der Waals surface area (Å²) in [5.41, 5.74) is 1.10. The van der Waals surface area contributed by atoms with Crippen molar-refractivity contribution in [1.82, 2.24) is 9.97 Å². The van der Waals surface area contributed by atoms with Crippen LogP contribution in [0.4, 0.5) is 4.39 Å². The maximum absolute atomic E-state index is 14.3. The van der Waals surface area contributed by atoms with E-state index in [0.717, 1.165) is 12.1 Å². The van der Waals surface area contributed by atoms with E-state index in [-0.39, 0.29) is 26.9 Å². The molecule has 0 aliphatic carbocycles. The molecule has 1 N–H and O–H groups in total. The quantitative estimate of drug-likeness (QED) is 0.778. The molecule has 2 aromatic rings. The van der Waals surface area contributed by atoms with Crippen molar-refractivity contribution in [2.45, 2.75) is 13.3 Å². The van der Waals surface area contributed by atoms with Crippen molar-refractivity contribution in [3.05, 3.63) is 50.6 Å². The third-order valence-electron chi connectivity index (χ3n) is 3.02. The largest absolute Gasteiger partial charge is 0.477 e. The molecule has 2 rings (SSSR count). The van der Waals surface area contributed by atoms with Gasteiger partial charge in [0.05, 0.1) is 21.4 Å². The highest BCUT2D eigenvalue weighted by Crippen LogP contribution is 2.33. The second kappa shape index (κ2) is 7.25. The van der Waals surface area contributed by atoms with Gasteiger partial charge in [-0.25, -0.2) is 19.2 Å². The predicted molar refractivity (Wildman–Crippen MR) is 88.3 cm³/mol. The Morgan fingerprint density at radius 3 is 2.65 bits per heavy atom. The van der Waals surface area contributed by atoms with E-state index < -0.39 is 16.8 Å². The molecule has 23 heavy (non-hydrogen) atoms. The number of carbonyl (C=O) groups is 1. The van der Waals surface area contributed by atoms with Crippen LogP contribution in [0.1, 0.15) is 18.2 Å². The molecule has 0 aliphatic rings. The van der Waals surface area contributed by atoms with Gasteiger partial charge in [0.2, 0.25) is 0 Å². The van der Waals surface area contributed by atoms with Crippen LogP contribution in [0.5, 0.6) is 0 Å². The van der Waals surface area contributed by atoms with Crippen LogP contribution in [0.15, 0.2) is 23.5 Å². The van der Waals surface area contributed by atoms with Gasteiger partial charge in [-0.1, -0.05) is 41.7 Å². The standard InChI is InChI=1S/C15H10Cl3FN2O2/c1-2-12-13(18)14(21-6-20-12)8-3-7(4-10(17)15(22)23)9(16)5-11(8)19/h3-6H,2H2,1H3,(H,22,23)/b10-4-. The SMILES string of the molecule is CCc1ncnc(-c2cc(/C=C(\Cl)C(=O)O)c(Cl)cc2F)c1Cl. The molecular weight excluding hydrogens is 366 g/mol. The highest BCUT2D eigenvalue weighted by molar-refractivity contribution is 6.43. The minimum atomic E-state index is -1.32. The van der Waals surface area contributed by atoms with Crippen LogP contribution in [0.3, 0.4) is 0 Å². The van der Waals surface area contributed by atoms with E-state index in [0.29, 0.717) is 12.1 Å². The molecule has 0 spiro atoms. The lowest BCUT2D eigenvalue weighted by atomic mass is 10.1. The highest BCUT2D eigenvalue weighted by atomic mass is 35.5. The minimum absolute atomic E-state index is 0.0199. The van der Waals surface area contributed by atoms with Gasteiger partial charge in [-0.15, -0.1) is 0 Å². The van der Waals surface area contributed by atoms with Crippen molar-refractivity contribution in [3.63, 3.8) is 0 Å². The van der Waals surface area contributed by atoms with Gasteiger partial charge >= 0.3 is 5.97 Å². The topological polar surface area (TPSA) is 63.1 Å². The Kier molecular flexibility index (Phi) is 5.57. The third-order valence-corrected chi connectivity index (χ3v) is 4.02. The predicted octanol–water partition coefficient (Wildman–Crippen LogP) is 4.82. The summed E-state index contributed by atoms with van der Waals surface area (Å²) >= 11 is 17.7. The van der Waals surface area contributed by atoms with Gasteiger partial charge in [-0.05, 0) is 30.2 Å². The van der Waals surface area contributed by atoms with Crippen molar-refractivity contribution in [2.75, 3.05) is 0 Å². The van der Waals surface area contributed by atoms with Crippen LogP contribution >= 0.6 is 34.8 Å².